The van der Waals surface area contributed by atoms with E-state index in [1.807, 2.05) is 0 Å². The summed E-state index contributed by atoms with van der Waals surface area (Å²) >= 11 is 0. The number of aliphatic hydroxyl groups excluding tert-OH is 1. The zero-order valence-corrected chi connectivity index (χ0v) is 20.8. The molecule has 5 unspecified atom stereocenters. The molecule has 0 saturated carbocycles. The van der Waals surface area contributed by atoms with Crippen LogP contribution in [0.2, 0.25) is 0 Å². The van der Waals surface area contributed by atoms with Gasteiger partial charge in [-0.05, 0) is 30.5 Å². The number of aromatic amines is 1. The van der Waals surface area contributed by atoms with Crippen molar-refractivity contribution in [3.05, 3.63) is 48.0 Å². The molecule has 9 N–H and O–H groups in total. The number of amides is 3. The Morgan fingerprint density at radius 1 is 0.946 bits per heavy atom. The van der Waals surface area contributed by atoms with Crippen molar-refractivity contribution in [3.8, 4) is 5.75 Å². The number of carbonyl (C=O) groups excluding carboxylic acids is 3. The molecule has 3 amide bonds. The zero-order chi connectivity index (χ0) is 27.7. The highest BCUT2D eigenvalue weighted by Gasteiger charge is 2.34. The van der Waals surface area contributed by atoms with Crippen LogP contribution >= 0.6 is 0 Å². The van der Waals surface area contributed by atoms with Crippen LogP contribution in [0.1, 0.15) is 32.0 Å². The summed E-state index contributed by atoms with van der Waals surface area (Å²) in [4.78, 5) is 56.9. The van der Waals surface area contributed by atoms with E-state index in [2.05, 4.69) is 25.9 Å². The van der Waals surface area contributed by atoms with Crippen LogP contribution < -0.4 is 21.7 Å². The summed E-state index contributed by atoms with van der Waals surface area (Å²) in [6.45, 7) is 4.63. The van der Waals surface area contributed by atoms with E-state index < -0.39 is 59.9 Å². The maximum absolute atomic E-state index is 13.0. The lowest BCUT2D eigenvalue weighted by atomic mass is 10.0. The third-order valence-corrected chi connectivity index (χ3v) is 5.63. The molecule has 0 fully saturated rings. The standard InChI is InChI=1S/C24H34N6O7/c1-12(2)19(29-21(33)17(25)9-15-10-26-11-27-15)22(34)30-20(13(3)31)23(35)28-18(24(36)37)8-14-4-6-16(32)7-5-14/h4-7,10-13,17-20,31-32H,8-9,25H2,1-3H3,(H,26,27)(H,28,35)(H,29,33)(H,30,34)(H,36,37). The molecule has 0 aliphatic carbocycles. The molecule has 0 aliphatic heterocycles. The summed E-state index contributed by atoms with van der Waals surface area (Å²) in [5.74, 6) is -3.98. The number of imidazole rings is 1. The number of carbonyl (C=O) groups is 4. The summed E-state index contributed by atoms with van der Waals surface area (Å²) in [6.07, 6.45) is 1.66. The number of nitrogens with zero attached hydrogens (tertiary/aromatic N) is 1. The highest BCUT2D eigenvalue weighted by molar-refractivity contribution is 5.94. The molecule has 0 radical (unpaired) electrons. The number of hydrogen-bond acceptors (Lipinski definition) is 8. The predicted octanol–water partition coefficient (Wildman–Crippen LogP) is -1.20. The number of hydrogen-bond donors (Lipinski definition) is 8. The molecule has 202 valence electrons. The lowest BCUT2D eigenvalue weighted by Crippen LogP contribution is -2.61. The van der Waals surface area contributed by atoms with Gasteiger partial charge in [0.05, 0.1) is 18.5 Å². The quantitative estimate of drug-likeness (QED) is 0.159. The van der Waals surface area contributed by atoms with E-state index in [1.165, 1.54) is 43.7 Å². The molecule has 1 heterocycles. The Morgan fingerprint density at radius 2 is 1.54 bits per heavy atom. The van der Waals surface area contributed by atoms with Crippen molar-refractivity contribution >= 4 is 23.7 Å². The normalized spacial score (nSPS) is 15.2. The van der Waals surface area contributed by atoms with Crippen LogP contribution in [0.3, 0.4) is 0 Å². The van der Waals surface area contributed by atoms with E-state index in [0.29, 0.717) is 11.3 Å². The molecular formula is C24H34N6O7. The first kappa shape index (κ1) is 29.3. The van der Waals surface area contributed by atoms with Crippen molar-refractivity contribution in [3.63, 3.8) is 0 Å². The average Bonchev–Trinajstić information content (AvgIpc) is 3.33. The van der Waals surface area contributed by atoms with Gasteiger partial charge in [-0.3, -0.25) is 14.4 Å². The number of carboxylic acid groups (broad SMARTS) is 1. The summed E-state index contributed by atoms with van der Waals surface area (Å²) in [5.41, 5.74) is 7.12. The first-order chi connectivity index (χ1) is 17.4. The van der Waals surface area contributed by atoms with E-state index in [4.69, 9.17) is 5.73 Å². The number of carboxylic acids is 1. The Bertz CT molecular complexity index is 1060. The number of nitrogens with one attached hydrogen (secondary N) is 4. The molecular weight excluding hydrogens is 484 g/mol. The van der Waals surface area contributed by atoms with E-state index in [9.17, 15) is 34.5 Å². The number of phenols is 1. The van der Waals surface area contributed by atoms with Crippen molar-refractivity contribution in [2.75, 3.05) is 0 Å². The van der Waals surface area contributed by atoms with Crippen LogP contribution in [0.25, 0.3) is 0 Å². The summed E-state index contributed by atoms with van der Waals surface area (Å²) in [6, 6.07) is 0.883. The summed E-state index contributed by atoms with van der Waals surface area (Å²) < 4.78 is 0. The number of benzene rings is 1. The van der Waals surface area contributed by atoms with Gasteiger partial charge in [-0.15, -0.1) is 0 Å². The molecule has 0 saturated heterocycles. The molecule has 37 heavy (non-hydrogen) atoms. The molecule has 1 aromatic heterocycles. The average molecular weight is 519 g/mol. The minimum Gasteiger partial charge on any atom is -0.508 e. The second-order valence-electron chi connectivity index (χ2n) is 9.11. The van der Waals surface area contributed by atoms with Gasteiger partial charge >= 0.3 is 5.97 Å². The second-order valence-corrected chi connectivity index (χ2v) is 9.11. The van der Waals surface area contributed by atoms with Gasteiger partial charge < -0.3 is 42.0 Å². The first-order valence-electron chi connectivity index (χ1n) is 11.7. The third kappa shape index (κ3) is 8.88. The Morgan fingerprint density at radius 3 is 2.05 bits per heavy atom. The fraction of sp³-hybridized carbons (Fsp3) is 0.458. The molecule has 0 spiro atoms. The summed E-state index contributed by atoms with van der Waals surface area (Å²) in [7, 11) is 0. The van der Waals surface area contributed by atoms with Crippen LogP contribution in [0, 0.1) is 5.92 Å². The largest absolute Gasteiger partial charge is 0.508 e. The van der Waals surface area contributed by atoms with E-state index in [0.717, 1.165) is 0 Å². The Balaban J connectivity index is 2.07. The number of aromatic hydroxyl groups is 1. The van der Waals surface area contributed by atoms with Crippen LogP contribution in [0.15, 0.2) is 36.8 Å². The van der Waals surface area contributed by atoms with E-state index in [-0.39, 0.29) is 18.6 Å². The van der Waals surface area contributed by atoms with Gasteiger partial charge in [-0.2, -0.15) is 0 Å². The fourth-order valence-electron chi connectivity index (χ4n) is 3.50. The van der Waals surface area contributed by atoms with Gasteiger partial charge in [0.15, 0.2) is 0 Å². The monoisotopic (exact) mass is 518 g/mol. The van der Waals surface area contributed by atoms with Gasteiger partial charge in [0.2, 0.25) is 17.7 Å². The van der Waals surface area contributed by atoms with Crippen LogP contribution in [0.5, 0.6) is 5.75 Å². The number of H-pyrrole nitrogens is 1. The number of phenolic OH excluding ortho intramolecular Hbond substituents is 1. The lowest BCUT2D eigenvalue weighted by molar-refractivity contribution is -0.143. The summed E-state index contributed by atoms with van der Waals surface area (Å²) in [5, 5.41) is 36.4. The Kier molecular flexibility index (Phi) is 10.6. The minimum absolute atomic E-state index is 0.00519. The smallest absolute Gasteiger partial charge is 0.326 e. The number of aliphatic hydroxyl groups is 1. The van der Waals surface area contributed by atoms with Gasteiger partial charge in [0, 0.05) is 24.7 Å². The maximum atomic E-state index is 13.0. The molecule has 0 bridgehead atoms. The fourth-order valence-corrected chi connectivity index (χ4v) is 3.50. The van der Waals surface area contributed by atoms with Crippen LogP contribution in [-0.4, -0.2) is 79.2 Å². The number of aliphatic carboxylic acids is 1. The number of nitrogens with two attached hydrogens (primary N) is 1. The zero-order valence-electron chi connectivity index (χ0n) is 20.8. The number of rotatable bonds is 13. The van der Waals surface area contributed by atoms with Crippen molar-refractivity contribution in [1.29, 1.82) is 0 Å². The van der Waals surface area contributed by atoms with Gasteiger partial charge in [0.25, 0.3) is 0 Å². The van der Waals surface area contributed by atoms with Crippen LogP contribution in [0.4, 0.5) is 0 Å². The van der Waals surface area contributed by atoms with Crippen molar-refractivity contribution in [1.82, 2.24) is 25.9 Å². The molecule has 5 atom stereocenters. The van der Waals surface area contributed by atoms with E-state index in [1.54, 1.807) is 13.8 Å². The Labute approximate surface area is 213 Å². The SMILES string of the molecule is CC(C)C(NC(=O)C(N)Cc1cnc[nH]1)C(=O)NC(C(=O)NC(Cc1ccc(O)cc1)C(=O)O)C(C)O. The van der Waals surface area contributed by atoms with Crippen molar-refractivity contribution in [2.45, 2.75) is 63.9 Å². The highest BCUT2D eigenvalue weighted by Crippen LogP contribution is 2.12. The molecule has 0 aliphatic rings. The molecule has 2 aromatic rings. The Hall–Kier alpha value is -3.97. The molecule has 2 rings (SSSR count). The molecule has 1 aromatic carbocycles. The van der Waals surface area contributed by atoms with Gasteiger partial charge in [-0.25, -0.2) is 9.78 Å². The molecule has 13 heteroatoms. The van der Waals surface area contributed by atoms with Gasteiger partial charge in [0.1, 0.15) is 23.9 Å². The first-order valence-corrected chi connectivity index (χ1v) is 11.7. The highest BCUT2D eigenvalue weighted by atomic mass is 16.4. The van der Waals surface area contributed by atoms with E-state index >= 15 is 0 Å². The topological polar surface area (TPSA) is 220 Å². The predicted molar refractivity (Wildman–Crippen MR) is 132 cm³/mol. The van der Waals surface area contributed by atoms with Gasteiger partial charge in [-0.1, -0.05) is 26.0 Å². The maximum Gasteiger partial charge on any atom is 0.326 e. The third-order valence-electron chi connectivity index (χ3n) is 5.63. The molecule has 13 nitrogen and oxygen atoms in total. The second kappa shape index (κ2) is 13.4. The lowest BCUT2D eigenvalue weighted by Gasteiger charge is -2.28. The minimum atomic E-state index is -1.49. The van der Waals surface area contributed by atoms with Crippen molar-refractivity contribution in [2.24, 2.45) is 11.7 Å². The van der Waals surface area contributed by atoms with Crippen LogP contribution in [-0.2, 0) is 32.0 Å². The number of aromatic nitrogens is 2. The van der Waals surface area contributed by atoms with Crippen molar-refractivity contribution < 1.29 is 34.5 Å².